The molecule has 1 aliphatic heterocycles. The van der Waals surface area contributed by atoms with Crippen LogP contribution in [0, 0.1) is 10.7 Å². The Morgan fingerprint density at radius 2 is 2.37 bits per heavy atom. The lowest BCUT2D eigenvalue weighted by Crippen LogP contribution is -2.15. The molecule has 2 rings (SSSR count). The summed E-state index contributed by atoms with van der Waals surface area (Å²) in [6, 6.07) is 0. The van der Waals surface area contributed by atoms with Crippen LogP contribution in [-0.4, -0.2) is 40.5 Å². The number of carbonyl (C=O) groups excluding carboxylic acids is 1. The minimum atomic E-state index is -0.126. The number of H-pyrrole nitrogens is 2. The van der Waals surface area contributed by atoms with Crippen molar-refractivity contribution >= 4 is 18.2 Å². The van der Waals surface area contributed by atoms with Gasteiger partial charge in [0.1, 0.15) is 11.9 Å². The summed E-state index contributed by atoms with van der Waals surface area (Å²) < 4.78 is 11.1. The molecule has 0 bridgehead atoms. The summed E-state index contributed by atoms with van der Waals surface area (Å²) in [7, 11) is 0. The monoisotopic (exact) mass is 285 g/mol. The normalized spacial score (nSPS) is 22.7. The first-order valence-corrected chi connectivity index (χ1v) is 7.01. The van der Waals surface area contributed by atoms with Crippen LogP contribution < -0.4 is 0 Å². The number of carbonyl (C=O) groups is 1. The highest BCUT2D eigenvalue weighted by Crippen LogP contribution is 2.25. The van der Waals surface area contributed by atoms with E-state index in [1.807, 2.05) is 0 Å². The van der Waals surface area contributed by atoms with Gasteiger partial charge in [-0.15, -0.1) is 0 Å². The maximum absolute atomic E-state index is 11.7. The molecule has 0 aromatic carbocycles. The van der Waals surface area contributed by atoms with E-state index in [-0.39, 0.29) is 18.0 Å². The number of aromatic amines is 2. The molecule has 1 aromatic heterocycles. The van der Waals surface area contributed by atoms with Gasteiger partial charge in [-0.2, -0.15) is 0 Å². The van der Waals surface area contributed by atoms with Crippen molar-refractivity contribution in [3.05, 3.63) is 10.6 Å². The van der Waals surface area contributed by atoms with Gasteiger partial charge in [0.05, 0.1) is 12.5 Å². The summed E-state index contributed by atoms with van der Waals surface area (Å²) in [4.78, 5) is 15.8. The number of aryl methyl sites for hydroxylation is 1. The molecule has 106 valence electrons. The van der Waals surface area contributed by atoms with E-state index in [4.69, 9.17) is 21.7 Å². The van der Waals surface area contributed by atoms with Crippen molar-refractivity contribution in [3.8, 4) is 0 Å². The van der Waals surface area contributed by atoms with E-state index in [9.17, 15) is 4.79 Å². The van der Waals surface area contributed by atoms with E-state index >= 15 is 0 Å². The highest BCUT2D eigenvalue weighted by Gasteiger charge is 2.34. The lowest BCUT2D eigenvalue weighted by atomic mass is 9.99. The third-order valence-corrected chi connectivity index (χ3v) is 3.29. The summed E-state index contributed by atoms with van der Waals surface area (Å²) in [6.45, 7) is 3.26. The third-order valence-electron chi connectivity index (χ3n) is 3.10. The van der Waals surface area contributed by atoms with Crippen molar-refractivity contribution in [2.75, 3.05) is 13.2 Å². The van der Waals surface area contributed by atoms with Crippen LogP contribution in [0.15, 0.2) is 0 Å². The molecule has 0 aliphatic carbocycles. The second kappa shape index (κ2) is 6.81. The van der Waals surface area contributed by atoms with Crippen LogP contribution in [0.2, 0.25) is 0 Å². The Hall–Kier alpha value is -1.21. The molecule has 0 spiro atoms. The van der Waals surface area contributed by atoms with Crippen LogP contribution in [0.25, 0.3) is 0 Å². The zero-order valence-electron chi connectivity index (χ0n) is 11.0. The van der Waals surface area contributed by atoms with Crippen molar-refractivity contribution < 1.29 is 14.3 Å². The Morgan fingerprint density at radius 3 is 3.05 bits per heavy atom. The molecule has 0 saturated carbocycles. The minimum Gasteiger partial charge on any atom is -0.460 e. The molecular weight excluding hydrogens is 266 g/mol. The highest BCUT2D eigenvalue weighted by atomic mass is 32.1. The summed E-state index contributed by atoms with van der Waals surface area (Å²) in [5.74, 6) is 0.594. The quantitative estimate of drug-likeness (QED) is 0.453. The first-order chi connectivity index (χ1) is 9.19. The van der Waals surface area contributed by atoms with E-state index in [2.05, 4.69) is 22.1 Å². The molecular formula is C12H19N3O3S. The summed E-state index contributed by atoms with van der Waals surface area (Å²) in [6.07, 6.45) is 3.02. The molecule has 2 atom stereocenters. The molecule has 0 amide bonds. The standard InChI is InChI=1S/C12H19N3O3S/c1-2-5-17-7-9-6-8(11(16)18-9)3-4-10-13-12(19)15-14-10/h8-9H,2-7H2,1H3,(H2,13,14,15,19)/t8-,9+/m1/s1. The fraction of sp³-hybridized carbons (Fsp3) is 0.750. The predicted molar refractivity (Wildman–Crippen MR) is 71.2 cm³/mol. The van der Waals surface area contributed by atoms with Gasteiger partial charge < -0.3 is 9.47 Å². The molecule has 0 radical (unpaired) electrons. The van der Waals surface area contributed by atoms with Crippen LogP contribution in [0.4, 0.5) is 0 Å². The van der Waals surface area contributed by atoms with Gasteiger partial charge in [0.2, 0.25) is 4.77 Å². The summed E-state index contributed by atoms with van der Waals surface area (Å²) in [5, 5.41) is 5.62. The van der Waals surface area contributed by atoms with Gasteiger partial charge >= 0.3 is 5.97 Å². The SMILES string of the molecule is CCCOC[C@@H]1C[C@@H](CCc2nc(=S)[nH][nH]2)C(=O)O1. The topological polar surface area (TPSA) is 80.0 Å². The number of hydrogen-bond acceptors (Lipinski definition) is 5. The smallest absolute Gasteiger partial charge is 0.309 e. The Morgan fingerprint density at radius 1 is 1.53 bits per heavy atom. The van der Waals surface area contributed by atoms with Crippen molar-refractivity contribution in [1.82, 2.24) is 15.2 Å². The second-order valence-corrected chi connectivity index (χ2v) is 5.11. The maximum atomic E-state index is 11.7. The number of nitrogens with one attached hydrogen (secondary N) is 2. The van der Waals surface area contributed by atoms with Crippen LogP contribution in [0.1, 0.15) is 32.0 Å². The predicted octanol–water partition coefficient (Wildman–Crippen LogP) is 1.76. The number of hydrogen-bond donors (Lipinski definition) is 2. The zero-order chi connectivity index (χ0) is 13.7. The van der Waals surface area contributed by atoms with E-state index in [1.165, 1.54) is 0 Å². The Kier molecular flexibility index (Phi) is 5.09. The molecule has 0 unspecified atom stereocenters. The first-order valence-electron chi connectivity index (χ1n) is 6.60. The van der Waals surface area contributed by atoms with Gasteiger partial charge in [0.25, 0.3) is 0 Å². The Labute approximate surface area is 116 Å². The van der Waals surface area contributed by atoms with Crippen LogP contribution in [-0.2, 0) is 20.7 Å². The van der Waals surface area contributed by atoms with E-state index < -0.39 is 0 Å². The largest absolute Gasteiger partial charge is 0.460 e. The average molecular weight is 285 g/mol. The van der Waals surface area contributed by atoms with E-state index in [0.717, 1.165) is 25.1 Å². The Balaban J connectivity index is 1.75. The van der Waals surface area contributed by atoms with Crippen molar-refractivity contribution in [3.63, 3.8) is 0 Å². The number of nitrogens with zero attached hydrogens (tertiary/aromatic N) is 1. The molecule has 7 heteroatoms. The number of rotatable bonds is 7. The van der Waals surface area contributed by atoms with E-state index in [1.54, 1.807) is 0 Å². The third kappa shape index (κ3) is 4.14. The van der Waals surface area contributed by atoms with Gasteiger partial charge in [0.15, 0.2) is 0 Å². The zero-order valence-corrected chi connectivity index (χ0v) is 11.8. The number of ether oxygens (including phenoxy) is 2. The van der Waals surface area contributed by atoms with Crippen LogP contribution in [0.5, 0.6) is 0 Å². The maximum Gasteiger partial charge on any atom is 0.309 e. The number of cyclic esters (lactones) is 1. The molecule has 1 aliphatic rings. The first kappa shape index (κ1) is 14.2. The molecule has 6 nitrogen and oxygen atoms in total. The minimum absolute atomic E-state index is 0.0612. The van der Waals surface area contributed by atoms with Gasteiger partial charge in [0, 0.05) is 13.0 Å². The molecule has 1 saturated heterocycles. The van der Waals surface area contributed by atoms with Crippen LogP contribution >= 0.6 is 12.2 Å². The fourth-order valence-corrected chi connectivity index (χ4v) is 2.31. The van der Waals surface area contributed by atoms with E-state index in [0.29, 0.717) is 24.4 Å². The molecule has 2 heterocycles. The van der Waals surface area contributed by atoms with Crippen LogP contribution in [0.3, 0.4) is 0 Å². The molecule has 19 heavy (non-hydrogen) atoms. The van der Waals surface area contributed by atoms with Crippen molar-refractivity contribution in [2.45, 2.75) is 38.7 Å². The second-order valence-electron chi connectivity index (χ2n) is 4.72. The lowest BCUT2D eigenvalue weighted by molar-refractivity contribution is -0.146. The van der Waals surface area contributed by atoms with Crippen molar-refractivity contribution in [1.29, 1.82) is 0 Å². The van der Waals surface area contributed by atoms with Gasteiger partial charge in [-0.25, -0.2) is 4.98 Å². The summed E-state index contributed by atoms with van der Waals surface area (Å²) in [5.41, 5.74) is 0. The molecule has 2 N–H and O–H groups in total. The Bertz CT molecular complexity index is 471. The van der Waals surface area contributed by atoms with Crippen molar-refractivity contribution in [2.24, 2.45) is 5.92 Å². The average Bonchev–Trinajstić information content (AvgIpc) is 2.94. The number of esters is 1. The van der Waals surface area contributed by atoms with Gasteiger partial charge in [-0.3, -0.25) is 15.0 Å². The summed E-state index contributed by atoms with van der Waals surface area (Å²) >= 11 is 4.88. The van der Waals surface area contributed by atoms with Gasteiger partial charge in [-0.05, 0) is 31.5 Å². The molecule has 1 aromatic rings. The van der Waals surface area contributed by atoms with Gasteiger partial charge in [-0.1, -0.05) is 6.92 Å². The number of aromatic nitrogens is 3. The lowest BCUT2D eigenvalue weighted by Gasteiger charge is -2.08. The molecule has 1 fully saturated rings. The highest BCUT2D eigenvalue weighted by molar-refractivity contribution is 7.71. The fourth-order valence-electron chi connectivity index (χ4n) is 2.15.